The molecule has 0 fully saturated rings. The van der Waals surface area contributed by atoms with E-state index in [0.29, 0.717) is 11.1 Å². The molecule has 30 heavy (non-hydrogen) atoms. The molecule has 1 amide bonds. The van der Waals surface area contributed by atoms with Crippen molar-refractivity contribution in [3.05, 3.63) is 81.4 Å². The van der Waals surface area contributed by atoms with Gasteiger partial charge in [-0.3, -0.25) is 14.9 Å². The lowest BCUT2D eigenvalue weighted by molar-refractivity contribution is -0.384. The van der Waals surface area contributed by atoms with Crippen LogP contribution in [0.25, 0.3) is 5.57 Å². The van der Waals surface area contributed by atoms with Crippen molar-refractivity contribution in [2.75, 3.05) is 7.11 Å². The number of alkyl halides is 3. The van der Waals surface area contributed by atoms with Crippen LogP contribution in [0.3, 0.4) is 0 Å². The Morgan fingerprint density at radius 2 is 1.80 bits per heavy atom. The number of hydrogen-bond acceptors (Lipinski definition) is 5. The fourth-order valence-corrected chi connectivity index (χ4v) is 2.60. The van der Waals surface area contributed by atoms with Gasteiger partial charge in [0.05, 0.1) is 17.6 Å². The number of methoxy groups -OCH3 is 1. The fraction of sp³-hybridized carbons (Fsp3) is 0.200. The van der Waals surface area contributed by atoms with E-state index < -0.39 is 34.6 Å². The molecule has 0 saturated heterocycles. The highest BCUT2D eigenvalue weighted by Gasteiger charge is 2.32. The maximum atomic E-state index is 13.0. The summed E-state index contributed by atoms with van der Waals surface area (Å²) >= 11 is 0. The van der Waals surface area contributed by atoms with Gasteiger partial charge in [-0.1, -0.05) is 12.1 Å². The first-order valence-electron chi connectivity index (χ1n) is 8.51. The normalized spacial score (nSPS) is 12.8. The Balaban J connectivity index is 2.26. The van der Waals surface area contributed by atoms with E-state index >= 15 is 0 Å². The molecule has 2 aromatic carbocycles. The van der Waals surface area contributed by atoms with Crippen LogP contribution in [0.15, 0.2) is 54.6 Å². The number of carbonyl (C=O) groups excluding carboxylic acids is 2. The molecule has 2 aromatic rings. The summed E-state index contributed by atoms with van der Waals surface area (Å²) in [5, 5.41) is 13.0. The van der Waals surface area contributed by atoms with E-state index in [1.165, 1.54) is 30.3 Å². The van der Waals surface area contributed by atoms with Crippen LogP contribution in [0.4, 0.5) is 18.9 Å². The number of nitro groups is 1. The topological polar surface area (TPSA) is 98.5 Å². The molecule has 0 heterocycles. The van der Waals surface area contributed by atoms with Crippen LogP contribution in [-0.4, -0.2) is 23.9 Å². The number of nitrogens with zero attached hydrogens (tertiary/aromatic N) is 1. The van der Waals surface area contributed by atoms with Crippen molar-refractivity contribution in [3.63, 3.8) is 0 Å². The Morgan fingerprint density at radius 1 is 1.17 bits per heavy atom. The van der Waals surface area contributed by atoms with Gasteiger partial charge < -0.3 is 10.1 Å². The Hall–Kier alpha value is -3.69. The summed E-state index contributed by atoms with van der Waals surface area (Å²) in [7, 11) is 1.05. The molecular weight excluding hydrogens is 405 g/mol. The molecule has 1 N–H and O–H groups in total. The zero-order valence-corrected chi connectivity index (χ0v) is 15.9. The Kier molecular flexibility index (Phi) is 6.93. The first-order valence-corrected chi connectivity index (χ1v) is 8.51. The average Bonchev–Trinajstić information content (AvgIpc) is 2.71. The van der Waals surface area contributed by atoms with E-state index in [1.54, 1.807) is 6.92 Å². The van der Waals surface area contributed by atoms with Gasteiger partial charge in [0.1, 0.15) is 0 Å². The SMILES string of the molecule is COC(=O)C(NC(=O)/C=C(\C)c1ccc([N+](=O)[O-])cc1)c1cccc(C(F)(F)F)c1. The lowest BCUT2D eigenvalue weighted by Crippen LogP contribution is -2.33. The van der Waals surface area contributed by atoms with E-state index in [9.17, 15) is 32.9 Å². The second-order valence-corrected chi connectivity index (χ2v) is 6.22. The van der Waals surface area contributed by atoms with Crippen LogP contribution >= 0.6 is 0 Å². The van der Waals surface area contributed by atoms with E-state index in [1.807, 2.05) is 0 Å². The van der Waals surface area contributed by atoms with Gasteiger partial charge in [-0.25, -0.2) is 4.79 Å². The summed E-state index contributed by atoms with van der Waals surface area (Å²) in [6.45, 7) is 1.57. The molecule has 0 aliphatic heterocycles. The van der Waals surface area contributed by atoms with Crippen molar-refractivity contribution in [1.29, 1.82) is 0 Å². The van der Waals surface area contributed by atoms with Crippen molar-refractivity contribution in [3.8, 4) is 0 Å². The second-order valence-electron chi connectivity index (χ2n) is 6.22. The zero-order valence-electron chi connectivity index (χ0n) is 15.9. The smallest absolute Gasteiger partial charge is 0.416 e. The average molecular weight is 422 g/mol. The Labute approximate surface area is 169 Å². The van der Waals surface area contributed by atoms with E-state index in [4.69, 9.17) is 0 Å². The van der Waals surface area contributed by atoms with E-state index in [2.05, 4.69) is 10.1 Å². The minimum Gasteiger partial charge on any atom is -0.467 e. The number of carbonyl (C=O) groups is 2. The minimum atomic E-state index is -4.62. The number of allylic oxidation sites excluding steroid dienone is 1. The number of hydrogen-bond donors (Lipinski definition) is 1. The third-order valence-electron chi connectivity index (χ3n) is 4.15. The van der Waals surface area contributed by atoms with Crippen molar-refractivity contribution < 1.29 is 32.4 Å². The number of nitrogens with one attached hydrogen (secondary N) is 1. The highest BCUT2D eigenvalue weighted by Crippen LogP contribution is 2.31. The minimum absolute atomic E-state index is 0.0913. The van der Waals surface area contributed by atoms with Crippen LogP contribution in [0.5, 0.6) is 0 Å². The molecule has 0 spiro atoms. The molecule has 158 valence electrons. The number of amides is 1. The van der Waals surface area contributed by atoms with Crippen molar-refractivity contribution in [2.24, 2.45) is 0 Å². The molecule has 2 rings (SSSR count). The molecule has 10 heteroatoms. The fourth-order valence-electron chi connectivity index (χ4n) is 2.60. The zero-order chi connectivity index (χ0) is 22.5. The summed E-state index contributed by atoms with van der Waals surface area (Å²) in [6.07, 6.45) is -3.49. The van der Waals surface area contributed by atoms with Crippen molar-refractivity contribution >= 4 is 23.1 Å². The first kappa shape index (κ1) is 22.6. The highest BCUT2D eigenvalue weighted by atomic mass is 19.4. The molecule has 0 aromatic heterocycles. The number of halogens is 3. The Bertz CT molecular complexity index is 985. The van der Waals surface area contributed by atoms with Gasteiger partial charge in [0, 0.05) is 18.2 Å². The molecule has 0 saturated carbocycles. The Morgan fingerprint density at radius 3 is 2.33 bits per heavy atom. The third kappa shape index (κ3) is 5.66. The maximum absolute atomic E-state index is 13.0. The quantitative estimate of drug-likeness (QED) is 0.328. The van der Waals surface area contributed by atoms with Crippen LogP contribution in [-0.2, 0) is 20.5 Å². The van der Waals surface area contributed by atoms with Gasteiger partial charge in [0.15, 0.2) is 6.04 Å². The van der Waals surface area contributed by atoms with Gasteiger partial charge in [-0.2, -0.15) is 13.2 Å². The van der Waals surface area contributed by atoms with Gasteiger partial charge in [0.25, 0.3) is 5.69 Å². The monoisotopic (exact) mass is 422 g/mol. The first-order chi connectivity index (χ1) is 14.0. The van der Waals surface area contributed by atoms with Crippen LogP contribution < -0.4 is 5.32 Å². The number of rotatable bonds is 6. The molecule has 1 atom stereocenters. The summed E-state index contributed by atoms with van der Waals surface area (Å²) in [5.74, 6) is -1.69. The van der Waals surface area contributed by atoms with Crippen LogP contribution in [0.1, 0.15) is 29.7 Å². The highest BCUT2D eigenvalue weighted by molar-refractivity contribution is 5.97. The van der Waals surface area contributed by atoms with Gasteiger partial charge >= 0.3 is 12.1 Å². The number of nitro benzene ring substituents is 1. The van der Waals surface area contributed by atoms with E-state index in [-0.39, 0.29) is 11.3 Å². The summed E-state index contributed by atoms with van der Waals surface area (Å²) in [4.78, 5) is 34.6. The predicted octanol–water partition coefficient (Wildman–Crippen LogP) is 4.05. The second kappa shape index (κ2) is 9.21. The number of ether oxygens (including phenoxy) is 1. The van der Waals surface area contributed by atoms with Gasteiger partial charge in [-0.05, 0) is 47.9 Å². The molecule has 0 radical (unpaired) electrons. The van der Waals surface area contributed by atoms with Gasteiger partial charge in [0.2, 0.25) is 5.91 Å². The van der Waals surface area contributed by atoms with Crippen molar-refractivity contribution in [2.45, 2.75) is 19.1 Å². The number of benzene rings is 2. The van der Waals surface area contributed by atoms with Crippen LogP contribution in [0, 0.1) is 10.1 Å². The lowest BCUT2D eigenvalue weighted by Gasteiger charge is -2.17. The summed E-state index contributed by atoms with van der Waals surface area (Å²) < 4.78 is 43.5. The maximum Gasteiger partial charge on any atom is 0.416 e. The molecule has 0 aliphatic carbocycles. The summed E-state index contributed by atoms with van der Waals surface area (Å²) in [6, 6.07) is 7.97. The molecule has 1 unspecified atom stereocenters. The van der Waals surface area contributed by atoms with Crippen LogP contribution in [0.2, 0.25) is 0 Å². The molecular formula is C20H17F3N2O5. The number of esters is 1. The predicted molar refractivity (Wildman–Crippen MR) is 101 cm³/mol. The summed E-state index contributed by atoms with van der Waals surface area (Å²) in [5.41, 5.74) is -0.238. The lowest BCUT2D eigenvalue weighted by atomic mass is 10.0. The molecule has 0 bridgehead atoms. The molecule has 7 nitrogen and oxygen atoms in total. The van der Waals surface area contributed by atoms with Crippen molar-refractivity contribution in [1.82, 2.24) is 5.32 Å². The number of non-ortho nitro benzene ring substituents is 1. The third-order valence-corrected chi connectivity index (χ3v) is 4.15. The standard InChI is InChI=1S/C20H17F3N2O5/c1-12(13-6-8-16(9-7-13)25(28)29)10-17(26)24-18(19(27)30-2)14-4-3-5-15(11-14)20(21,22)23/h3-11,18H,1-2H3,(H,24,26)/b12-10+. The largest absolute Gasteiger partial charge is 0.467 e. The molecule has 0 aliphatic rings. The van der Waals surface area contributed by atoms with Gasteiger partial charge in [-0.15, -0.1) is 0 Å². The van der Waals surface area contributed by atoms with E-state index in [0.717, 1.165) is 31.4 Å².